The Bertz CT molecular complexity index is 264. The highest BCUT2D eigenvalue weighted by atomic mass is 16.5. The van der Waals surface area contributed by atoms with Gasteiger partial charge in [-0.25, -0.2) is 0 Å². The van der Waals surface area contributed by atoms with E-state index in [0.29, 0.717) is 0 Å². The molecule has 0 aromatic heterocycles. The molecule has 0 aromatic rings. The molecule has 0 atom stereocenters. The van der Waals surface area contributed by atoms with Gasteiger partial charge in [0.05, 0.1) is 13.2 Å². The lowest BCUT2D eigenvalue weighted by Gasteiger charge is -2.18. The van der Waals surface area contributed by atoms with Gasteiger partial charge >= 0.3 is 0 Å². The van der Waals surface area contributed by atoms with Gasteiger partial charge in [0.25, 0.3) is 0 Å². The summed E-state index contributed by atoms with van der Waals surface area (Å²) in [5, 5.41) is 0. The number of ether oxygens (including phenoxy) is 2. The van der Waals surface area contributed by atoms with Crippen LogP contribution in [0.4, 0.5) is 0 Å². The Kier molecular flexibility index (Phi) is 10.9. The van der Waals surface area contributed by atoms with Crippen LogP contribution >= 0.6 is 0 Å². The van der Waals surface area contributed by atoms with E-state index in [1.54, 1.807) is 0 Å². The number of nitrogens with zero attached hydrogens (tertiary/aromatic N) is 3. The van der Waals surface area contributed by atoms with E-state index in [4.69, 9.17) is 9.47 Å². The Morgan fingerprint density at radius 1 is 0.667 bits per heavy atom. The van der Waals surface area contributed by atoms with Gasteiger partial charge in [-0.1, -0.05) is 0 Å². The van der Waals surface area contributed by atoms with Crippen molar-refractivity contribution in [1.29, 1.82) is 0 Å². The van der Waals surface area contributed by atoms with Gasteiger partial charge in [0.1, 0.15) is 0 Å². The van der Waals surface area contributed by atoms with Gasteiger partial charge < -0.3 is 24.2 Å². The molecule has 2 aliphatic heterocycles. The maximum Gasteiger partial charge on any atom is 0.0593 e. The monoisotopic (exact) mass is 341 g/mol. The van der Waals surface area contributed by atoms with E-state index in [9.17, 15) is 0 Å². The lowest BCUT2D eigenvalue weighted by molar-refractivity contribution is 0.0949. The molecule has 2 saturated heterocycles. The quantitative estimate of drug-likeness (QED) is 0.450. The SMILES string of the molecule is CN(CCCOCCN1CCCC1)CCCOCCN1CCCC1. The summed E-state index contributed by atoms with van der Waals surface area (Å²) in [6.45, 7) is 13.1. The molecule has 0 amide bonds. The van der Waals surface area contributed by atoms with Crippen LogP contribution in [0.25, 0.3) is 0 Å². The van der Waals surface area contributed by atoms with E-state index in [1.807, 2.05) is 0 Å². The first-order valence-electron chi connectivity index (χ1n) is 10.1. The zero-order valence-corrected chi connectivity index (χ0v) is 15.9. The van der Waals surface area contributed by atoms with Crippen LogP contribution in [0.15, 0.2) is 0 Å². The van der Waals surface area contributed by atoms with Crippen LogP contribution in [0.3, 0.4) is 0 Å². The zero-order chi connectivity index (χ0) is 16.9. The summed E-state index contributed by atoms with van der Waals surface area (Å²) in [6.07, 6.45) is 7.73. The van der Waals surface area contributed by atoms with Gasteiger partial charge in [-0.3, -0.25) is 0 Å². The molecular formula is C19H39N3O2. The number of rotatable bonds is 14. The predicted octanol–water partition coefficient (Wildman–Crippen LogP) is 1.92. The Morgan fingerprint density at radius 3 is 1.50 bits per heavy atom. The summed E-state index contributed by atoms with van der Waals surface area (Å²) in [5.74, 6) is 0. The van der Waals surface area contributed by atoms with E-state index < -0.39 is 0 Å². The number of likely N-dealkylation sites (tertiary alicyclic amines) is 2. The largest absolute Gasteiger partial charge is 0.380 e. The smallest absolute Gasteiger partial charge is 0.0593 e. The second-order valence-corrected chi connectivity index (χ2v) is 7.33. The minimum atomic E-state index is 0.893. The first-order chi connectivity index (χ1) is 11.8. The van der Waals surface area contributed by atoms with E-state index in [-0.39, 0.29) is 0 Å². The first-order valence-corrected chi connectivity index (χ1v) is 10.1. The molecule has 2 fully saturated rings. The van der Waals surface area contributed by atoms with Gasteiger partial charge in [-0.2, -0.15) is 0 Å². The third-order valence-electron chi connectivity index (χ3n) is 5.16. The van der Waals surface area contributed by atoms with Crippen LogP contribution in [0.5, 0.6) is 0 Å². The van der Waals surface area contributed by atoms with Crippen LogP contribution in [0, 0.1) is 0 Å². The Hall–Kier alpha value is -0.200. The van der Waals surface area contributed by atoms with E-state index in [1.165, 1.54) is 51.9 Å². The van der Waals surface area contributed by atoms with Crippen molar-refractivity contribution >= 4 is 0 Å². The maximum absolute atomic E-state index is 5.75. The summed E-state index contributed by atoms with van der Waals surface area (Å²) in [5.41, 5.74) is 0. The van der Waals surface area contributed by atoms with Crippen LogP contribution in [-0.4, -0.2) is 101 Å². The zero-order valence-electron chi connectivity index (χ0n) is 15.9. The van der Waals surface area contributed by atoms with E-state index in [2.05, 4.69) is 21.7 Å². The summed E-state index contributed by atoms with van der Waals surface area (Å²) in [7, 11) is 2.20. The van der Waals surface area contributed by atoms with Crippen LogP contribution < -0.4 is 0 Å². The molecule has 0 N–H and O–H groups in total. The van der Waals surface area contributed by atoms with Gasteiger partial charge in [-0.05, 0) is 71.8 Å². The molecular weight excluding hydrogens is 302 g/mol. The van der Waals surface area contributed by atoms with Crippen LogP contribution in [-0.2, 0) is 9.47 Å². The minimum absolute atomic E-state index is 0.893. The second-order valence-electron chi connectivity index (χ2n) is 7.33. The highest BCUT2D eigenvalue weighted by molar-refractivity contribution is 4.66. The number of hydrogen-bond donors (Lipinski definition) is 0. The van der Waals surface area contributed by atoms with Gasteiger partial charge in [0.2, 0.25) is 0 Å². The predicted molar refractivity (Wildman–Crippen MR) is 99.7 cm³/mol. The van der Waals surface area contributed by atoms with E-state index in [0.717, 1.165) is 65.4 Å². The Labute approximate surface area is 149 Å². The fourth-order valence-electron chi connectivity index (χ4n) is 3.59. The standard InChI is InChI=1S/C19H39N3O2/c1-20(8-6-16-23-18-14-21-10-2-3-11-21)9-7-17-24-19-15-22-12-4-5-13-22/h2-19H2,1H3. The van der Waals surface area contributed by atoms with E-state index >= 15 is 0 Å². The molecule has 142 valence electrons. The molecule has 2 heterocycles. The van der Waals surface area contributed by atoms with Crippen molar-refractivity contribution in [1.82, 2.24) is 14.7 Å². The van der Waals surface area contributed by atoms with Crippen molar-refractivity contribution in [3.8, 4) is 0 Å². The summed E-state index contributed by atoms with van der Waals surface area (Å²) >= 11 is 0. The van der Waals surface area contributed by atoms with Gasteiger partial charge in [0.15, 0.2) is 0 Å². The van der Waals surface area contributed by atoms with Crippen molar-refractivity contribution in [3.63, 3.8) is 0 Å². The van der Waals surface area contributed by atoms with Crippen molar-refractivity contribution in [3.05, 3.63) is 0 Å². The third kappa shape index (κ3) is 9.33. The first kappa shape index (κ1) is 20.1. The average Bonchev–Trinajstić information content (AvgIpc) is 3.27. The molecule has 0 unspecified atom stereocenters. The summed E-state index contributed by atoms with van der Waals surface area (Å²) in [6, 6.07) is 0. The van der Waals surface area contributed by atoms with Crippen LogP contribution in [0.1, 0.15) is 38.5 Å². The second kappa shape index (κ2) is 13.1. The molecule has 5 nitrogen and oxygen atoms in total. The normalized spacial score (nSPS) is 19.8. The molecule has 2 rings (SSSR count). The summed E-state index contributed by atoms with van der Waals surface area (Å²) < 4.78 is 11.5. The number of hydrogen-bond acceptors (Lipinski definition) is 5. The lowest BCUT2D eigenvalue weighted by atomic mass is 10.3. The highest BCUT2D eigenvalue weighted by Gasteiger charge is 2.11. The van der Waals surface area contributed by atoms with Crippen molar-refractivity contribution < 1.29 is 9.47 Å². The molecule has 0 spiro atoms. The molecule has 0 bridgehead atoms. The molecule has 2 aliphatic rings. The topological polar surface area (TPSA) is 28.2 Å². The van der Waals surface area contributed by atoms with Gasteiger partial charge in [0, 0.05) is 39.4 Å². The van der Waals surface area contributed by atoms with Crippen molar-refractivity contribution in [2.24, 2.45) is 0 Å². The highest BCUT2D eigenvalue weighted by Crippen LogP contribution is 2.06. The molecule has 5 heteroatoms. The Balaban J connectivity index is 1.29. The summed E-state index contributed by atoms with van der Waals surface area (Å²) in [4.78, 5) is 7.42. The van der Waals surface area contributed by atoms with Gasteiger partial charge in [-0.15, -0.1) is 0 Å². The maximum atomic E-state index is 5.75. The minimum Gasteiger partial charge on any atom is -0.380 e. The molecule has 0 aromatic carbocycles. The van der Waals surface area contributed by atoms with Crippen molar-refractivity contribution in [2.75, 3.05) is 85.8 Å². The average molecular weight is 342 g/mol. The molecule has 0 radical (unpaired) electrons. The van der Waals surface area contributed by atoms with Crippen molar-refractivity contribution in [2.45, 2.75) is 38.5 Å². The lowest BCUT2D eigenvalue weighted by Crippen LogP contribution is -2.26. The van der Waals surface area contributed by atoms with Crippen LogP contribution in [0.2, 0.25) is 0 Å². The fourth-order valence-corrected chi connectivity index (χ4v) is 3.59. The molecule has 0 aliphatic carbocycles. The molecule has 24 heavy (non-hydrogen) atoms. The fraction of sp³-hybridized carbons (Fsp3) is 1.00. The molecule has 0 saturated carbocycles. The Morgan fingerprint density at radius 2 is 1.08 bits per heavy atom. The third-order valence-corrected chi connectivity index (χ3v) is 5.16.